The summed E-state index contributed by atoms with van der Waals surface area (Å²) < 4.78 is 5.54. The van der Waals surface area contributed by atoms with E-state index < -0.39 is 5.41 Å². The molecule has 0 spiro atoms. The van der Waals surface area contributed by atoms with Gasteiger partial charge >= 0.3 is 5.97 Å². The highest BCUT2D eigenvalue weighted by atomic mass is 16.5. The number of rotatable bonds is 5. The Morgan fingerprint density at radius 2 is 1.83 bits per heavy atom. The van der Waals surface area contributed by atoms with Crippen LogP contribution in [0.4, 0.5) is 0 Å². The van der Waals surface area contributed by atoms with Gasteiger partial charge in [-0.3, -0.25) is 14.6 Å². The van der Waals surface area contributed by atoms with Gasteiger partial charge < -0.3 is 9.64 Å². The Morgan fingerprint density at radius 1 is 1.14 bits per heavy atom. The normalized spacial score (nSPS) is 25.3. The van der Waals surface area contributed by atoms with E-state index in [2.05, 4.69) is 17.1 Å². The van der Waals surface area contributed by atoms with Crippen molar-refractivity contribution in [1.82, 2.24) is 9.88 Å². The standard InChI is InChI=1S/C24H28N2O3/c1-4-29-23(28)24(14-18-8-6-5-7-9-18)15-20-10-11-21(24)26(20)22(27)19-12-16(2)25-17(3)13-19/h5-9,12-13,20-21H,4,10-11,14-15H2,1-3H3/t20-,21+,24+/m1/s1. The quantitative estimate of drug-likeness (QED) is 0.725. The van der Waals surface area contributed by atoms with Crippen molar-refractivity contribution < 1.29 is 14.3 Å². The Hall–Kier alpha value is -2.69. The van der Waals surface area contributed by atoms with Gasteiger partial charge in [0, 0.05) is 29.0 Å². The molecule has 5 nitrogen and oxygen atoms in total. The molecule has 0 aliphatic carbocycles. The van der Waals surface area contributed by atoms with E-state index in [0.717, 1.165) is 29.8 Å². The van der Waals surface area contributed by atoms with Crippen LogP contribution in [0.5, 0.6) is 0 Å². The molecule has 0 radical (unpaired) electrons. The second-order valence-corrected chi connectivity index (χ2v) is 8.34. The fraction of sp³-hybridized carbons (Fsp3) is 0.458. The first-order valence-electron chi connectivity index (χ1n) is 10.4. The molecule has 0 N–H and O–H groups in total. The van der Waals surface area contributed by atoms with Gasteiger partial charge in [-0.2, -0.15) is 0 Å². The maximum atomic E-state index is 13.5. The fourth-order valence-electron chi connectivity index (χ4n) is 5.31. The first-order valence-corrected chi connectivity index (χ1v) is 10.4. The van der Waals surface area contributed by atoms with Gasteiger partial charge in [-0.25, -0.2) is 0 Å². The van der Waals surface area contributed by atoms with Gasteiger partial charge in [-0.05, 0) is 64.2 Å². The molecule has 2 saturated heterocycles. The molecule has 0 unspecified atom stereocenters. The van der Waals surface area contributed by atoms with E-state index in [0.29, 0.717) is 25.0 Å². The van der Waals surface area contributed by atoms with E-state index in [9.17, 15) is 9.59 Å². The lowest BCUT2D eigenvalue weighted by molar-refractivity contribution is -0.157. The molecule has 1 amide bonds. The number of hydrogen-bond donors (Lipinski definition) is 0. The van der Waals surface area contributed by atoms with E-state index in [1.807, 2.05) is 56.0 Å². The maximum absolute atomic E-state index is 13.5. The Kier molecular flexibility index (Phi) is 5.15. The molecule has 0 saturated carbocycles. The van der Waals surface area contributed by atoms with Crippen LogP contribution in [0.2, 0.25) is 0 Å². The molecule has 2 fully saturated rings. The number of hydrogen-bond acceptors (Lipinski definition) is 4. The molecular formula is C24H28N2O3. The van der Waals surface area contributed by atoms with Crippen LogP contribution in [0.1, 0.15) is 53.5 Å². The lowest BCUT2D eigenvalue weighted by Crippen LogP contribution is -2.47. The average Bonchev–Trinajstić information content (AvgIpc) is 3.24. The fourth-order valence-corrected chi connectivity index (χ4v) is 5.31. The number of pyridine rings is 1. The van der Waals surface area contributed by atoms with Crippen molar-refractivity contribution in [3.8, 4) is 0 Å². The van der Waals surface area contributed by atoms with Gasteiger partial charge in [-0.15, -0.1) is 0 Å². The first-order chi connectivity index (χ1) is 13.9. The van der Waals surface area contributed by atoms with E-state index in [4.69, 9.17) is 4.74 Å². The minimum absolute atomic E-state index is 0.00494. The third-order valence-electron chi connectivity index (χ3n) is 6.35. The zero-order valence-corrected chi connectivity index (χ0v) is 17.4. The zero-order valence-electron chi connectivity index (χ0n) is 17.4. The lowest BCUT2D eigenvalue weighted by Gasteiger charge is -2.35. The molecule has 1 aromatic heterocycles. The summed E-state index contributed by atoms with van der Waals surface area (Å²) in [5.41, 5.74) is 2.76. The zero-order chi connectivity index (χ0) is 20.6. The second kappa shape index (κ2) is 7.62. The molecule has 1 aromatic carbocycles. The summed E-state index contributed by atoms with van der Waals surface area (Å²) in [6.07, 6.45) is 3.05. The van der Waals surface area contributed by atoms with Gasteiger partial charge in [0.2, 0.25) is 0 Å². The summed E-state index contributed by atoms with van der Waals surface area (Å²) in [5.74, 6) is -0.165. The number of aromatic nitrogens is 1. The van der Waals surface area contributed by atoms with E-state index in [1.165, 1.54) is 0 Å². The van der Waals surface area contributed by atoms with Crippen molar-refractivity contribution in [2.45, 2.75) is 58.5 Å². The van der Waals surface area contributed by atoms with Gasteiger partial charge in [0.25, 0.3) is 5.91 Å². The molecule has 29 heavy (non-hydrogen) atoms. The number of nitrogens with zero attached hydrogens (tertiary/aromatic N) is 2. The molecule has 152 valence electrons. The number of aryl methyl sites for hydroxylation is 2. The van der Waals surface area contributed by atoms with Crippen LogP contribution in [-0.4, -0.2) is 40.5 Å². The van der Waals surface area contributed by atoms with E-state index in [-0.39, 0.29) is 24.0 Å². The molecule has 2 aromatic rings. The largest absolute Gasteiger partial charge is 0.465 e. The summed E-state index contributed by atoms with van der Waals surface area (Å²) >= 11 is 0. The monoisotopic (exact) mass is 392 g/mol. The number of carbonyl (C=O) groups is 2. The minimum atomic E-state index is -0.674. The molecule has 2 bridgehead atoms. The Balaban J connectivity index is 1.70. The number of fused-ring (bicyclic) bond motifs is 2. The maximum Gasteiger partial charge on any atom is 0.314 e. The molecule has 3 atom stereocenters. The summed E-state index contributed by atoms with van der Waals surface area (Å²) in [6.45, 7) is 6.00. The van der Waals surface area contributed by atoms with Crippen molar-refractivity contribution in [3.63, 3.8) is 0 Å². The van der Waals surface area contributed by atoms with Crippen LogP contribution in [0.3, 0.4) is 0 Å². The summed E-state index contributed by atoms with van der Waals surface area (Å²) in [5, 5.41) is 0. The predicted molar refractivity (Wildman–Crippen MR) is 111 cm³/mol. The lowest BCUT2D eigenvalue weighted by atomic mass is 9.70. The number of benzene rings is 1. The van der Waals surface area contributed by atoms with Crippen LogP contribution in [-0.2, 0) is 16.0 Å². The topological polar surface area (TPSA) is 59.5 Å². The Bertz CT molecular complexity index is 907. The molecule has 2 aliphatic heterocycles. The van der Waals surface area contributed by atoms with Gasteiger partial charge in [0.15, 0.2) is 0 Å². The Morgan fingerprint density at radius 3 is 2.48 bits per heavy atom. The Labute approximate surface area is 172 Å². The number of amides is 1. The molecule has 4 rings (SSSR count). The third-order valence-corrected chi connectivity index (χ3v) is 6.35. The summed E-state index contributed by atoms with van der Waals surface area (Å²) in [4.78, 5) is 33.0. The van der Waals surface area contributed by atoms with Crippen molar-refractivity contribution in [1.29, 1.82) is 0 Å². The van der Waals surface area contributed by atoms with Gasteiger partial charge in [0.1, 0.15) is 0 Å². The van der Waals surface area contributed by atoms with Crippen LogP contribution < -0.4 is 0 Å². The molecule has 3 heterocycles. The molecule has 5 heteroatoms. The van der Waals surface area contributed by atoms with Crippen LogP contribution >= 0.6 is 0 Å². The van der Waals surface area contributed by atoms with Crippen LogP contribution in [0.25, 0.3) is 0 Å². The van der Waals surface area contributed by atoms with Gasteiger partial charge in [-0.1, -0.05) is 30.3 Å². The second-order valence-electron chi connectivity index (χ2n) is 8.34. The smallest absolute Gasteiger partial charge is 0.314 e. The predicted octanol–water partition coefficient (Wildman–Crippen LogP) is 3.87. The van der Waals surface area contributed by atoms with Crippen LogP contribution in [0, 0.1) is 19.3 Å². The first kappa shape index (κ1) is 19.6. The van der Waals surface area contributed by atoms with Crippen molar-refractivity contribution in [2.24, 2.45) is 5.41 Å². The SMILES string of the molecule is CCOC(=O)[C@@]1(Cc2ccccc2)C[C@H]2CC[C@@H]1N2C(=O)c1cc(C)nc(C)c1. The number of esters is 1. The molecular weight excluding hydrogens is 364 g/mol. The third kappa shape index (κ3) is 3.43. The van der Waals surface area contributed by atoms with E-state index in [1.54, 1.807) is 0 Å². The number of carbonyl (C=O) groups excluding carboxylic acids is 2. The highest BCUT2D eigenvalue weighted by Gasteiger charge is 2.62. The van der Waals surface area contributed by atoms with E-state index >= 15 is 0 Å². The highest BCUT2D eigenvalue weighted by molar-refractivity contribution is 5.96. The van der Waals surface area contributed by atoms with Gasteiger partial charge in [0.05, 0.1) is 12.0 Å². The summed E-state index contributed by atoms with van der Waals surface area (Å²) in [7, 11) is 0. The van der Waals surface area contributed by atoms with Crippen molar-refractivity contribution in [3.05, 3.63) is 65.0 Å². The van der Waals surface area contributed by atoms with Crippen molar-refractivity contribution >= 4 is 11.9 Å². The van der Waals surface area contributed by atoms with Crippen molar-refractivity contribution in [2.75, 3.05) is 6.61 Å². The molecule has 2 aliphatic rings. The van der Waals surface area contributed by atoms with Crippen LogP contribution in [0.15, 0.2) is 42.5 Å². The highest BCUT2D eigenvalue weighted by Crippen LogP contribution is 2.52. The average molecular weight is 392 g/mol. The number of ether oxygens (including phenoxy) is 1. The minimum Gasteiger partial charge on any atom is -0.465 e. The summed E-state index contributed by atoms with van der Waals surface area (Å²) in [6, 6.07) is 13.7.